The van der Waals surface area contributed by atoms with Gasteiger partial charge in [0.15, 0.2) is 0 Å². The SMILES string of the molecule is C/C=C/CNC(=O)c1ccc(C)cn1. The van der Waals surface area contributed by atoms with E-state index in [4.69, 9.17) is 0 Å². The molecule has 0 aliphatic carbocycles. The zero-order valence-corrected chi connectivity index (χ0v) is 8.45. The van der Waals surface area contributed by atoms with Crippen LogP contribution in [0.25, 0.3) is 0 Å². The number of allylic oxidation sites excluding steroid dienone is 1. The molecule has 0 radical (unpaired) electrons. The van der Waals surface area contributed by atoms with Crippen molar-refractivity contribution in [1.82, 2.24) is 10.3 Å². The second-order valence-corrected chi connectivity index (χ2v) is 3.00. The highest BCUT2D eigenvalue weighted by atomic mass is 16.1. The summed E-state index contributed by atoms with van der Waals surface area (Å²) in [6, 6.07) is 3.60. The van der Waals surface area contributed by atoms with Gasteiger partial charge in [0.25, 0.3) is 5.91 Å². The number of carbonyl (C=O) groups excluding carboxylic acids is 1. The second kappa shape index (κ2) is 5.17. The molecule has 3 heteroatoms. The van der Waals surface area contributed by atoms with Crippen LogP contribution in [0.3, 0.4) is 0 Å². The van der Waals surface area contributed by atoms with Gasteiger partial charge in [-0.05, 0) is 25.5 Å². The van der Waals surface area contributed by atoms with E-state index in [-0.39, 0.29) is 5.91 Å². The standard InChI is InChI=1S/C11H14N2O/c1-3-4-7-12-11(14)10-6-5-9(2)8-13-10/h3-6,8H,7H2,1-2H3,(H,12,14)/b4-3+. The number of pyridine rings is 1. The molecule has 0 aliphatic rings. The lowest BCUT2D eigenvalue weighted by Crippen LogP contribution is -2.24. The van der Waals surface area contributed by atoms with E-state index >= 15 is 0 Å². The van der Waals surface area contributed by atoms with E-state index in [2.05, 4.69) is 10.3 Å². The summed E-state index contributed by atoms with van der Waals surface area (Å²) in [7, 11) is 0. The average Bonchev–Trinajstić information content (AvgIpc) is 2.19. The van der Waals surface area contributed by atoms with Gasteiger partial charge in [-0.2, -0.15) is 0 Å². The predicted octanol–water partition coefficient (Wildman–Crippen LogP) is 1.70. The molecule has 3 nitrogen and oxygen atoms in total. The predicted molar refractivity (Wildman–Crippen MR) is 56.1 cm³/mol. The van der Waals surface area contributed by atoms with Gasteiger partial charge in [0.05, 0.1) is 0 Å². The number of amides is 1. The highest BCUT2D eigenvalue weighted by Gasteiger charge is 2.03. The van der Waals surface area contributed by atoms with E-state index in [1.54, 1.807) is 12.3 Å². The minimum Gasteiger partial charge on any atom is -0.347 e. The maximum Gasteiger partial charge on any atom is 0.270 e. The van der Waals surface area contributed by atoms with Crippen molar-refractivity contribution in [1.29, 1.82) is 0 Å². The summed E-state index contributed by atoms with van der Waals surface area (Å²) in [5.41, 5.74) is 1.51. The topological polar surface area (TPSA) is 42.0 Å². The number of nitrogens with one attached hydrogen (secondary N) is 1. The Morgan fingerprint density at radius 1 is 1.57 bits per heavy atom. The summed E-state index contributed by atoms with van der Waals surface area (Å²) in [6.45, 7) is 4.40. The Morgan fingerprint density at radius 3 is 2.93 bits per heavy atom. The molecule has 0 atom stereocenters. The molecular formula is C11H14N2O. The number of aryl methyl sites for hydroxylation is 1. The number of rotatable bonds is 3. The molecule has 0 unspecified atom stereocenters. The van der Waals surface area contributed by atoms with Crippen LogP contribution < -0.4 is 5.32 Å². The molecule has 0 bridgehead atoms. The molecule has 1 heterocycles. The third-order valence-corrected chi connectivity index (χ3v) is 1.76. The third-order valence-electron chi connectivity index (χ3n) is 1.76. The smallest absolute Gasteiger partial charge is 0.270 e. The van der Waals surface area contributed by atoms with Gasteiger partial charge in [0, 0.05) is 12.7 Å². The van der Waals surface area contributed by atoms with Crippen LogP contribution in [-0.2, 0) is 0 Å². The van der Waals surface area contributed by atoms with Crippen molar-refractivity contribution in [2.24, 2.45) is 0 Å². The molecule has 14 heavy (non-hydrogen) atoms. The lowest BCUT2D eigenvalue weighted by Gasteiger charge is -2.01. The van der Waals surface area contributed by atoms with Gasteiger partial charge in [-0.3, -0.25) is 9.78 Å². The zero-order chi connectivity index (χ0) is 10.4. The minimum atomic E-state index is -0.136. The molecule has 1 rings (SSSR count). The summed E-state index contributed by atoms with van der Waals surface area (Å²) >= 11 is 0. The number of nitrogens with zero attached hydrogens (tertiary/aromatic N) is 1. The fourth-order valence-electron chi connectivity index (χ4n) is 0.962. The molecule has 0 saturated heterocycles. The maximum atomic E-state index is 11.4. The molecule has 0 spiro atoms. The van der Waals surface area contributed by atoms with Crippen molar-refractivity contribution in [2.45, 2.75) is 13.8 Å². The molecule has 1 N–H and O–H groups in total. The monoisotopic (exact) mass is 190 g/mol. The van der Waals surface area contributed by atoms with E-state index in [1.807, 2.05) is 32.1 Å². The summed E-state index contributed by atoms with van der Waals surface area (Å²) in [5, 5.41) is 2.73. The van der Waals surface area contributed by atoms with Gasteiger partial charge in [-0.25, -0.2) is 0 Å². The molecule has 0 aromatic carbocycles. The summed E-state index contributed by atoms with van der Waals surface area (Å²) in [6.07, 6.45) is 5.46. The van der Waals surface area contributed by atoms with Crippen molar-refractivity contribution in [2.75, 3.05) is 6.54 Å². The Labute approximate surface area is 83.9 Å². The second-order valence-electron chi connectivity index (χ2n) is 3.00. The molecule has 1 amide bonds. The molecule has 0 saturated carbocycles. The van der Waals surface area contributed by atoms with Crippen molar-refractivity contribution in [3.8, 4) is 0 Å². The molecule has 0 aliphatic heterocycles. The zero-order valence-electron chi connectivity index (χ0n) is 8.45. The van der Waals surface area contributed by atoms with Gasteiger partial charge in [0.2, 0.25) is 0 Å². The summed E-state index contributed by atoms with van der Waals surface area (Å²) in [4.78, 5) is 15.4. The maximum absolute atomic E-state index is 11.4. The minimum absolute atomic E-state index is 0.136. The van der Waals surface area contributed by atoms with Crippen LogP contribution in [0, 0.1) is 6.92 Å². The van der Waals surface area contributed by atoms with Crippen LogP contribution in [-0.4, -0.2) is 17.4 Å². The molecule has 1 aromatic heterocycles. The van der Waals surface area contributed by atoms with Crippen molar-refractivity contribution in [3.05, 3.63) is 41.7 Å². The third kappa shape index (κ3) is 3.01. The Hall–Kier alpha value is -1.64. The lowest BCUT2D eigenvalue weighted by atomic mass is 10.2. The van der Waals surface area contributed by atoms with Gasteiger partial charge in [-0.1, -0.05) is 18.2 Å². The van der Waals surface area contributed by atoms with E-state index < -0.39 is 0 Å². The number of aromatic nitrogens is 1. The normalized spacial score (nSPS) is 10.4. The summed E-state index contributed by atoms with van der Waals surface area (Å²) in [5.74, 6) is -0.136. The largest absolute Gasteiger partial charge is 0.347 e. The van der Waals surface area contributed by atoms with Crippen LogP contribution in [0.4, 0.5) is 0 Å². The van der Waals surface area contributed by atoms with Crippen LogP contribution in [0.5, 0.6) is 0 Å². The van der Waals surface area contributed by atoms with E-state index in [0.29, 0.717) is 12.2 Å². The number of carbonyl (C=O) groups is 1. The first kappa shape index (κ1) is 10.4. The van der Waals surface area contributed by atoms with Crippen LogP contribution in [0.1, 0.15) is 23.0 Å². The van der Waals surface area contributed by atoms with E-state index in [0.717, 1.165) is 5.56 Å². The Kier molecular flexibility index (Phi) is 3.85. The van der Waals surface area contributed by atoms with E-state index in [9.17, 15) is 4.79 Å². The van der Waals surface area contributed by atoms with E-state index in [1.165, 1.54) is 0 Å². The van der Waals surface area contributed by atoms with Gasteiger partial charge < -0.3 is 5.32 Å². The Morgan fingerprint density at radius 2 is 2.36 bits per heavy atom. The van der Waals surface area contributed by atoms with Crippen molar-refractivity contribution in [3.63, 3.8) is 0 Å². The lowest BCUT2D eigenvalue weighted by molar-refractivity contribution is 0.0953. The first-order valence-electron chi connectivity index (χ1n) is 4.56. The fourth-order valence-corrected chi connectivity index (χ4v) is 0.962. The highest BCUT2D eigenvalue weighted by molar-refractivity contribution is 5.92. The van der Waals surface area contributed by atoms with Gasteiger partial charge in [0.1, 0.15) is 5.69 Å². The van der Waals surface area contributed by atoms with Crippen LogP contribution >= 0.6 is 0 Å². The first-order valence-corrected chi connectivity index (χ1v) is 4.56. The Balaban J connectivity index is 2.56. The Bertz CT molecular complexity index is 328. The number of hydrogen-bond acceptors (Lipinski definition) is 2. The quantitative estimate of drug-likeness (QED) is 0.737. The van der Waals surface area contributed by atoms with Crippen LogP contribution in [0.2, 0.25) is 0 Å². The summed E-state index contributed by atoms with van der Waals surface area (Å²) < 4.78 is 0. The molecular weight excluding hydrogens is 176 g/mol. The number of hydrogen-bond donors (Lipinski definition) is 1. The molecule has 0 fully saturated rings. The molecule has 74 valence electrons. The fraction of sp³-hybridized carbons (Fsp3) is 0.273. The molecule has 1 aromatic rings. The first-order chi connectivity index (χ1) is 6.74. The van der Waals surface area contributed by atoms with Crippen molar-refractivity contribution >= 4 is 5.91 Å². The van der Waals surface area contributed by atoms with Crippen molar-refractivity contribution < 1.29 is 4.79 Å². The average molecular weight is 190 g/mol. The highest BCUT2D eigenvalue weighted by Crippen LogP contribution is 1.97. The van der Waals surface area contributed by atoms with Gasteiger partial charge >= 0.3 is 0 Å². The van der Waals surface area contributed by atoms with Crippen LogP contribution in [0.15, 0.2) is 30.5 Å². The van der Waals surface area contributed by atoms with Gasteiger partial charge in [-0.15, -0.1) is 0 Å².